The minimum absolute atomic E-state index is 0.125. The highest BCUT2D eigenvalue weighted by Crippen LogP contribution is 2.20. The van der Waals surface area contributed by atoms with Gasteiger partial charge in [-0.15, -0.1) is 0 Å². The fourth-order valence-corrected chi connectivity index (χ4v) is 3.08. The molecule has 122 valence electrons. The van der Waals surface area contributed by atoms with Crippen LogP contribution < -0.4 is 10.9 Å². The number of aryl methyl sites for hydroxylation is 2. The Kier molecular flexibility index (Phi) is 4.49. The number of halogens is 1. The Balaban J connectivity index is 1.88. The lowest BCUT2D eigenvalue weighted by molar-refractivity contribution is -0.117. The SMILES string of the molecule is Cc1cc(Br)ccc1NC(=O)Cn1nc(C)c2ccccc2c1=O. The molecule has 5 nitrogen and oxygen atoms in total. The summed E-state index contributed by atoms with van der Waals surface area (Å²) >= 11 is 3.39. The summed E-state index contributed by atoms with van der Waals surface area (Å²) in [4.78, 5) is 24.8. The van der Waals surface area contributed by atoms with Crippen molar-refractivity contribution >= 4 is 38.3 Å². The van der Waals surface area contributed by atoms with E-state index in [0.717, 1.165) is 21.1 Å². The minimum atomic E-state index is -0.287. The first-order valence-corrected chi connectivity index (χ1v) is 8.27. The monoisotopic (exact) mass is 385 g/mol. The molecule has 0 fully saturated rings. The lowest BCUT2D eigenvalue weighted by Crippen LogP contribution is -2.30. The van der Waals surface area contributed by atoms with E-state index in [0.29, 0.717) is 11.1 Å². The van der Waals surface area contributed by atoms with Crippen LogP contribution in [0.3, 0.4) is 0 Å². The molecule has 0 spiro atoms. The molecule has 6 heteroatoms. The van der Waals surface area contributed by atoms with Gasteiger partial charge < -0.3 is 5.32 Å². The zero-order valence-electron chi connectivity index (χ0n) is 13.3. The summed E-state index contributed by atoms with van der Waals surface area (Å²) < 4.78 is 2.15. The number of nitrogens with one attached hydrogen (secondary N) is 1. The lowest BCUT2D eigenvalue weighted by Gasteiger charge is -2.11. The van der Waals surface area contributed by atoms with Gasteiger partial charge in [0.15, 0.2) is 0 Å². The molecule has 0 saturated carbocycles. The first kappa shape index (κ1) is 16.4. The highest BCUT2D eigenvalue weighted by atomic mass is 79.9. The van der Waals surface area contributed by atoms with Gasteiger partial charge in [-0.3, -0.25) is 9.59 Å². The Hall–Kier alpha value is -2.47. The van der Waals surface area contributed by atoms with Gasteiger partial charge in [0.05, 0.1) is 11.1 Å². The van der Waals surface area contributed by atoms with Gasteiger partial charge in [0, 0.05) is 15.5 Å². The van der Waals surface area contributed by atoms with E-state index in [-0.39, 0.29) is 18.0 Å². The number of carbonyl (C=O) groups is 1. The molecule has 0 saturated heterocycles. The number of hydrogen-bond acceptors (Lipinski definition) is 3. The second kappa shape index (κ2) is 6.57. The molecule has 2 aromatic carbocycles. The topological polar surface area (TPSA) is 64.0 Å². The van der Waals surface area contributed by atoms with Crippen LogP contribution in [0.2, 0.25) is 0 Å². The normalized spacial score (nSPS) is 10.8. The number of benzene rings is 2. The average Bonchev–Trinajstić information content (AvgIpc) is 2.55. The molecule has 0 aliphatic heterocycles. The second-order valence-corrected chi connectivity index (χ2v) is 6.52. The molecular weight excluding hydrogens is 370 g/mol. The first-order valence-electron chi connectivity index (χ1n) is 7.48. The van der Waals surface area contributed by atoms with E-state index in [9.17, 15) is 9.59 Å². The van der Waals surface area contributed by atoms with Crippen molar-refractivity contribution in [2.24, 2.45) is 0 Å². The van der Waals surface area contributed by atoms with Crippen molar-refractivity contribution in [3.8, 4) is 0 Å². The summed E-state index contributed by atoms with van der Waals surface area (Å²) in [6.07, 6.45) is 0. The third-order valence-electron chi connectivity index (χ3n) is 3.81. The molecule has 3 aromatic rings. The van der Waals surface area contributed by atoms with Crippen LogP contribution in [0.5, 0.6) is 0 Å². The summed E-state index contributed by atoms with van der Waals surface area (Å²) in [7, 11) is 0. The van der Waals surface area contributed by atoms with Crippen LogP contribution in [-0.2, 0) is 11.3 Å². The first-order chi connectivity index (χ1) is 11.5. The third-order valence-corrected chi connectivity index (χ3v) is 4.30. The van der Waals surface area contributed by atoms with Crippen LogP contribution >= 0.6 is 15.9 Å². The van der Waals surface area contributed by atoms with Gasteiger partial charge in [0.1, 0.15) is 6.54 Å². The molecule has 0 aliphatic rings. The Bertz CT molecular complexity index is 995. The van der Waals surface area contributed by atoms with Gasteiger partial charge >= 0.3 is 0 Å². The Morgan fingerprint density at radius 1 is 1.17 bits per heavy atom. The molecule has 0 radical (unpaired) electrons. The maximum Gasteiger partial charge on any atom is 0.275 e. The minimum Gasteiger partial charge on any atom is -0.324 e. The standard InChI is InChI=1S/C18H16BrN3O2/c1-11-9-13(19)7-8-16(11)20-17(23)10-22-18(24)15-6-4-3-5-14(15)12(2)21-22/h3-9H,10H2,1-2H3,(H,20,23). The van der Waals surface area contributed by atoms with E-state index < -0.39 is 0 Å². The van der Waals surface area contributed by atoms with Crippen molar-refractivity contribution in [3.05, 3.63) is 68.5 Å². The molecule has 24 heavy (non-hydrogen) atoms. The van der Waals surface area contributed by atoms with E-state index in [4.69, 9.17) is 0 Å². The van der Waals surface area contributed by atoms with Crippen molar-refractivity contribution < 1.29 is 4.79 Å². The molecule has 1 heterocycles. The molecule has 0 unspecified atom stereocenters. The largest absolute Gasteiger partial charge is 0.324 e. The van der Waals surface area contributed by atoms with Gasteiger partial charge in [-0.25, -0.2) is 4.68 Å². The molecule has 0 bridgehead atoms. The summed E-state index contributed by atoms with van der Waals surface area (Å²) in [5, 5.41) is 8.45. The van der Waals surface area contributed by atoms with E-state index in [2.05, 4.69) is 26.3 Å². The van der Waals surface area contributed by atoms with Crippen LogP contribution in [0.15, 0.2) is 51.7 Å². The van der Waals surface area contributed by atoms with E-state index in [1.165, 1.54) is 4.68 Å². The summed E-state index contributed by atoms with van der Waals surface area (Å²) in [5.74, 6) is -0.287. The number of aromatic nitrogens is 2. The smallest absolute Gasteiger partial charge is 0.275 e. The molecule has 0 aliphatic carbocycles. The zero-order valence-corrected chi connectivity index (χ0v) is 14.9. The fraction of sp³-hybridized carbons (Fsp3) is 0.167. The average molecular weight is 386 g/mol. The molecule has 1 amide bonds. The highest BCUT2D eigenvalue weighted by molar-refractivity contribution is 9.10. The van der Waals surface area contributed by atoms with Crippen molar-refractivity contribution in [2.45, 2.75) is 20.4 Å². The maximum atomic E-state index is 12.5. The predicted molar refractivity (Wildman–Crippen MR) is 98.2 cm³/mol. The molecule has 1 aromatic heterocycles. The summed E-state index contributed by atoms with van der Waals surface area (Å²) in [5.41, 5.74) is 2.11. The van der Waals surface area contributed by atoms with Crippen molar-refractivity contribution in [2.75, 3.05) is 5.32 Å². The van der Waals surface area contributed by atoms with Crippen LogP contribution in [0.25, 0.3) is 10.8 Å². The number of nitrogens with zero attached hydrogens (tertiary/aromatic N) is 2. The van der Waals surface area contributed by atoms with Gasteiger partial charge in [-0.1, -0.05) is 34.1 Å². The number of hydrogen-bond donors (Lipinski definition) is 1. The Morgan fingerprint density at radius 2 is 1.88 bits per heavy atom. The second-order valence-electron chi connectivity index (χ2n) is 5.60. The molecule has 0 atom stereocenters. The van der Waals surface area contributed by atoms with Crippen LogP contribution in [-0.4, -0.2) is 15.7 Å². The number of amides is 1. The van der Waals surface area contributed by atoms with Crippen molar-refractivity contribution in [3.63, 3.8) is 0 Å². The number of rotatable bonds is 3. The summed E-state index contributed by atoms with van der Waals surface area (Å²) in [6, 6.07) is 12.9. The molecule has 3 rings (SSSR count). The summed E-state index contributed by atoms with van der Waals surface area (Å²) in [6.45, 7) is 3.61. The number of carbonyl (C=O) groups excluding carboxylic acids is 1. The molecular formula is C18H16BrN3O2. The number of fused-ring (bicyclic) bond motifs is 1. The predicted octanol–water partition coefficient (Wildman–Crippen LogP) is 3.41. The fourth-order valence-electron chi connectivity index (χ4n) is 2.60. The van der Waals surface area contributed by atoms with Gasteiger partial charge in [-0.2, -0.15) is 5.10 Å². The maximum absolute atomic E-state index is 12.5. The Labute approximate surface area is 147 Å². The van der Waals surface area contributed by atoms with Crippen LogP contribution in [0.1, 0.15) is 11.3 Å². The van der Waals surface area contributed by atoms with Crippen molar-refractivity contribution in [1.29, 1.82) is 0 Å². The van der Waals surface area contributed by atoms with E-state index in [1.54, 1.807) is 12.1 Å². The molecule has 1 N–H and O–H groups in total. The van der Waals surface area contributed by atoms with Gasteiger partial charge in [-0.05, 0) is 43.7 Å². The quantitative estimate of drug-likeness (QED) is 0.751. The van der Waals surface area contributed by atoms with E-state index in [1.807, 2.05) is 44.2 Å². The van der Waals surface area contributed by atoms with E-state index >= 15 is 0 Å². The number of anilines is 1. The lowest BCUT2D eigenvalue weighted by atomic mass is 10.1. The third kappa shape index (κ3) is 3.23. The highest BCUT2D eigenvalue weighted by Gasteiger charge is 2.11. The van der Waals surface area contributed by atoms with Gasteiger partial charge in [0.25, 0.3) is 5.56 Å². The van der Waals surface area contributed by atoms with Gasteiger partial charge in [0.2, 0.25) is 5.91 Å². The Morgan fingerprint density at radius 3 is 2.58 bits per heavy atom. The van der Waals surface area contributed by atoms with Crippen LogP contribution in [0.4, 0.5) is 5.69 Å². The van der Waals surface area contributed by atoms with Crippen molar-refractivity contribution in [1.82, 2.24) is 9.78 Å². The zero-order chi connectivity index (χ0) is 17.3. The van der Waals surface area contributed by atoms with Crippen LogP contribution in [0, 0.1) is 13.8 Å².